The lowest BCUT2D eigenvalue weighted by molar-refractivity contribution is 0.0743. The van der Waals surface area contributed by atoms with Crippen molar-refractivity contribution in [3.63, 3.8) is 0 Å². The number of thioether (sulfide) groups is 1. The highest BCUT2D eigenvalue weighted by Gasteiger charge is 2.24. The second-order valence-electron chi connectivity index (χ2n) is 8.39. The Kier molecular flexibility index (Phi) is 8.96. The number of piperidine rings is 1. The summed E-state index contributed by atoms with van der Waals surface area (Å²) in [6.07, 6.45) is 3.95. The van der Waals surface area contributed by atoms with Gasteiger partial charge in [0.05, 0.1) is 16.4 Å². The van der Waals surface area contributed by atoms with Crippen LogP contribution in [0.15, 0.2) is 42.5 Å². The largest absolute Gasteiger partial charge is 0.286 e. The number of nitrogens with one attached hydrogen (secondary N) is 1. The van der Waals surface area contributed by atoms with Crippen LogP contribution in [0, 0.1) is 29.4 Å². The normalized spacial score (nSPS) is 13.5. The van der Waals surface area contributed by atoms with Gasteiger partial charge in [-0.25, -0.2) is 9.69 Å². The average Bonchev–Trinajstić information content (AvgIpc) is 3.21. The number of aromatic nitrogens is 2. The van der Waals surface area contributed by atoms with Crippen molar-refractivity contribution < 1.29 is 4.79 Å². The molecule has 0 aliphatic carbocycles. The van der Waals surface area contributed by atoms with Crippen molar-refractivity contribution in [1.82, 2.24) is 20.2 Å². The Morgan fingerprint density at radius 3 is 2.58 bits per heavy atom. The maximum absolute atomic E-state index is 13.2. The summed E-state index contributed by atoms with van der Waals surface area (Å²) in [5, 5.41) is 18.3. The molecule has 1 aliphatic rings. The van der Waals surface area contributed by atoms with Gasteiger partial charge in [0.2, 0.25) is 0 Å². The number of hydrogen-bond donors (Lipinski definition) is 1. The molecule has 1 N–H and O–H groups in total. The molecule has 9 heteroatoms. The second kappa shape index (κ2) is 12.3. The van der Waals surface area contributed by atoms with Gasteiger partial charge in [-0.2, -0.15) is 10.4 Å². The highest BCUT2D eigenvalue weighted by atomic mass is 35.5. The molecule has 0 bridgehead atoms. The van der Waals surface area contributed by atoms with Crippen LogP contribution >= 0.6 is 35.0 Å². The molecule has 1 amide bonds. The number of benzene rings is 2. The first-order chi connectivity index (χ1) is 17.5. The molecule has 36 heavy (non-hydrogen) atoms. The fourth-order valence-electron chi connectivity index (χ4n) is 4.10. The third-order valence-electron chi connectivity index (χ3n) is 5.88. The smallest absolute Gasteiger partial charge is 0.283 e. The van der Waals surface area contributed by atoms with Crippen molar-refractivity contribution in [3.05, 3.63) is 69.3 Å². The lowest BCUT2D eigenvalue weighted by atomic mass is 10.0. The lowest BCUT2D eigenvalue weighted by Crippen LogP contribution is -2.45. The van der Waals surface area contributed by atoms with Gasteiger partial charge in [-0.05, 0) is 61.9 Å². The van der Waals surface area contributed by atoms with Crippen molar-refractivity contribution >= 4 is 40.9 Å². The first-order valence-corrected chi connectivity index (χ1v) is 13.4. The summed E-state index contributed by atoms with van der Waals surface area (Å²) < 4.78 is 1.71. The molecule has 6 nitrogen and oxygen atoms in total. The van der Waals surface area contributed by atoms with Crippen LogP contribution < -0.4 is 5.43 Å². The van der Waals surface area contributed by atoms with Crippen molar-refractivity contribution in [2.45, 2.75) is 32.6 Å². The molecule has 0 spiro atoms. The minimum atomic E-state index is -0.239. The fourth-order valence-corrected chi connectivity index (χ4v) is 4.89. The van der Waals surface area contributed by atoms with Crippen LogP contribution in [0.4, 0.5) is 0 Å². The second-order valence-corrected chi connectivity index (χ2v) is 10.1. The standard InChI is InChI=1S/C27H25Cl2N5OS/c1-19-25(27(35)32-33-14-4-2-5-15-33)31-34(24-13-12-22(28)17-23(24)29)26(19)21-10-8-20(9-11-21)7-3-6-16-36-18-30/h8-13,17H,2,4-6,14-16H2,1H3,(H,32,35). The van der Waals surface area contributed by atoms with Crippen molar-refractivity contribution in [2.75, 3.05) is 18.8 Å². The summed E-state index contributed by atoms with van der Waals surface area (Å²) in [6.45, 7) is 3.56. The zero-order valence-corrected chi connectivity index (χ0v) is 22.2. The number of rotatable bonds is 6. The first kappa shape index (κ1) is 26.1. The molecule has 3 aromatic rings. The van der Waals surface area contributed by atoms with Gasteiger partial charge in [-0.3, -0.25) is 10.2 Å². The van der Waals surface area contributed by atoms with E-state index in [4.69, 9.17) is 33.6 Å². The molecule has 2 heterocycles. The maximum atomic E-state index is 13.2. The Labute approximate surface area is 225 Å². The molecule has 2 aromatic carbocycles. The van der Waals surface area contributed by atoms with Gasteiger partial charge in [0.15, 0.2) is 5.69 Å². The van der Waals surface area contributed by atoms with Crippen LogP contribution in [-0.4, -0.2) is 39.5 Å². The topological polar surface area (TPSA) is 74.0 Å². The van der Waals surface area contributed by atoms with E-state index in [1.54, 1.807) is 22.9 Å². The molecule has 1 aliphatic heterocycles. The van der Waals surface area contributed by atoms with Gasteiger partial charge < -0.3 is 0 Å². The molecular formula is C27H25Cl2N5OS. The summed E-state index contributed by atoms with van der Waals surface area (Å²) >= 11 is 13.9. The molecule has 1 fully saturated rings. The summed E-state index contributed by atoms with van der Waals surface area (Å²) in [7, 11) is 0. The fraction of sp³-hybridized carbons (Fsp3) is 0.296. The van der Waals surface area contributed by atoms with Crippen LogP contribution in [0.25, 0.3) is 16.9 Å². The Hall–Kier alpha value is -2.94. The number of carbonyl (C=O) groups excluding carboxylic acids is 1. The molecule has 0 unspecified atom stereocenters. The van der Waals surface area contributed by atoms with Crippen LogP contribution in [0.3, 0.4) is 0 Å². The number of hydrazine groups is 1. The zero-order chi connectivity index (χ0) is 25.5. The minimum Gasteiger partial charge on any atom is -0.283 e. The van der Waals surface area contributed by atoms with Crippen molar-refractivity contribution in [1.29, 1.82) is 5.26 Å². The number of carbonyl (C=O) groups is 1. The molecule has 1 saturated heterocycles. The van der Waals surface area contributed by atoms with Crippen molar-refractivity contribution in [3.8, 4) is 34.2 Å². The van der Waals surface area contributed by atoms with Crippen LogP contribution in [-0.2, 0) is 0 Å². The molecule has 1 aromatic heterocycles. The van der Waals surface area contributed by atoms with Gasteiger partial charge in [-0.15, -0.1) is 0 Å². The third kappa shape index (κ3) is 6.24. The Bertz CT molecular complexity index is 1350. The first-order valence-electron chi connectivity index (χ1n) is 11.7. The highest BCUT2D eigenvalue weighted by molar-refractivity contribution is 8.03. The summed E-state index contributed by atoms with van der Waals surface area (Å²) in [4.78, 5) is 13.2. The third-order valence-corrected chi connectivity index (χ3v) is 6.95. The predicted octanol–water partition coefficient (Wildman–Crippen LogP) is 6.24. The summed E-state index contributed by atoms with van der Waals surface area (Å²) in [6, 6.07) is 13.0. The van der Waals surface area contributed by atoms with E-state index in [0.717, 1.165) is 48.3 Å². The number of nitrogens with zero attached hydrogens (tertiary/aromatic N) is 4. The SMILES string of the molecule is Cc1c(C(=O)NN2CCCCC2)nn(-c2ccc(Cl)cc2Cl)c1-c1ccc(C#CCCSC#N)cc1. The van der Waals surface area contributed by atoms with Crippen molar-refractivity contribution in [2.24, 2.45) is 0 Å². The van der Waals surface area contributed by atoms with E-state index in [1.165, 1.54) is 18.2 Å². The van der Waals surface area contributed by atoms with E-state index in [0.29, 0.717) is 33.6 Å². The van der Waals surface area contributed by atoms with E-state index in [9.17, 15) is 4.79 Å². The number of hydrogen-bond acceptors (Lipinski definition) is 5. The van der Waals surface area contributed by atoms with Gasteiger partial charge in [0.1, 0.15) is 5.40 Å². The average molecular weight is 539 g/mol. The molecule has 4 rings (SSSR count). The Morgan fingerprint density at radius 1 is 1.14 bits per heavy atom. The quantitative estimate of drug-likeness (QED) is 0.229. The number of thiocyanates is 1. The minimum absolute atomic E-state index is 0.239. The highest BCUT2D eigenvalue weighted by Crippen LogP contribution is 2.33. The Balaban J connectivity index is 1.70. The summed E-state index contributed by atoms with van der Waals surface area (Å²) in [5.74, 6) is 6.66. The molecule has 0 saturated carbocycles. The number of amides is 1. The van der Waals surface area contributed by atoms with E-state index >= 15 is 0 Å². The van der Waals surface area contributed by atoms with Crippen LogP contribution in [0.5, 0.6) is 0 Å². The zero-order valence-electron chi connectivity index (χ0n) is 19.9. The monoisotopic (exact) mass is 537 g/mol. The summed E-state index contributed by atoms with van der Waals surface area (Å²) in [5.41, 5.74) is 7.28. The molecule has 184 valence electrons. The molecule has 0 radical (unpaired) electrons. The predicted molar refractivity (Wildman–Crippen MR) is 146 cm³/mol. The number of halogens is 2. The van der Waals surface area contributed by atoms with E-state index in [-0.39, 0.29) is 5.91 Å². The van der Waals surface area contributed by atoms with Gasteiger partial charge in [0.25, 0.3) is 5.91 Å². The van der Waals surface area contributed by atoms with Crippen LogP contribution in [0.2, 0.25) is 10.0 Å². The molecule has 0 atom stereocenters. The van der Waals surface area contributed by atoms with Crippen LogP contribution in [0.1, 0.15) is 47.3 Å². The Morgan fingerprint density at radius 2 is 1.89 bits per heavy atom. The molecular weight excluding hydrogens is 513 g/mol. The van der Waals surface area contributed by atoms with E-state index in [2.05, 4.69) is 17.3 Å². The van der Waals surface area contributed by atoms with Gasteiger partial charge in [0, 0.05) is 47.0 Å². The van der Waals surface area contributed by atoms with Gasteiger partial charge in [-0.1, -0.05) is 53.6 Å². The lowest BCUT2D eigenvalue weighted by Gasteiger charge is -2.26. The maximum Gasteiger partial charge on any atom is 0.286 e. The van der Waals surface area contributed by atoms with E-state index < -0.39 is 0 Å². The number of nitriles is 1. The van der Waals surface area contributed by atoms with Gasteiger partial charge >= 0.3 is 0 Å². The van der Waals surface area contributed by atoms with E-state index in [1.807, 2.05) is 41.6 Å².